The highest BCUT2D eigenvalue weighted by atomic mass is 16.5. The second-order valence-corrected chi connectivity index (χ2v) is 10.4. The molecule has 0 unspecified atom stereocenters. The van der Waals surface area contributed by atoms with E-state index in [1.807, 2.05) is 35.2 Å². The lowest BCUT2D eigenvalue weighted by atomic mass is 9.81. The highest BCUT2D eigenvalue weighted by molar-refractivity contribution is 6.04. The highest BCUT2D eigenvalue weighted by Gasteiger charge is 2.31. The number of nitrogens with zero attached hydrogens (tertiary/aromatic N) is 2. The van der Waals surface area contributed by atoms with Crippen LogP contribution in [0.2, 0.25) is 0 Å². The van der Waals surface area contributed by atoms with Crippen molar-refractivity contribution in [2.45, 2.75) is 44.6 Å². The number of methoxy groups -OCH3 is 1. The molecule has 2 aromatic carbocycles. The minimum Gasteiger partial charge on any atom is -0.497 e. The lowest BCUT2D eigenvalue weighted by Gasteiger charge is -2.28. The van der Waals surface area contributed by atoms with E-state index in [4.69, 9.17) is 9.47 Å². The van der Waals surface area contributed by atoms with E-state index in [0.717, 1.165) is 46.3 Å². The zero-order chi connectivity index (χ0) is 26.2. The largest absolute Gasteiger partial charge is 0.497 e. The second kappa shape index (κ2) is 10.3. The third-order valence-electron chi connectivity index (χ3n) is 8.23. The maximum atomic E-state index is 13.8. The second-order valence-electron chi connectivity index (χ2n) is 10.4. The van der Waals surface area contributed by atoms with Crippen LogP contribution in [0.1, 0.15) is 59.5 Å². The van der Waals surface area contributed by atoms with E-state index in [-0.39, 0.29) is 5.91 Å². The number of rotatable bonds is 4. The molecule has 2 amide bonds. The number of hydroxylamine groups is 1. The molecule has 0 bridgehead atoms. The minimum absolute atomic E-state index is 0.000224. The summed E-state index contributed by atoms with van der Waals surface area (Å²) in [6, 6.07) is 11.7. The average molecular weight is 516 g/mol. The Bertz CT molecular complexity index is 1430. The van der Waals surface area contributed by atoms with Crippen molar-refractivity contribution in [3.8, 4) is 17.0 Å². The molecule has 2 fully saturated rings. The summed E-state index contributed by atoms with van der Waals surface area (Å²) in [5.41, 5.74) is 8.11. The van der Waals surface area contributed by atoms with Gasteiger partial charge in [-0.15, -0.1) is 0 Å². The lowest BCUT2D eigenvalue weighted by Crippen LogP contribution is -2.41. The predicted molar refractivity (Wildman–Crippen MR) is 144 cm³/mol. The molecule has 8 heteroatoms. The quantitative estimate of drug-likeness (QED) is 0.387. The number of hydrogen-bond acceptors (Lipinski definition) is 5. The van der Waals surface area contributed by atoms with E-state index >= 15 is 0 Å². The van der Waals surface area contributed by atoms with Crippen LogP contribution in [0, 0.1) is 0 Å². The van der Waals surface area contributed by atoms with Crippen LogP contribution >= 0.6 is 0 Å². The van der Waals surface area contributed by atoms with Crippen LogP contribution in [0.4, 0.5) is 0 Å². The van der Waals surface area contributed by atoms with Gasteiger partial charge in [-0.3, -0.25) is 14.8 Å². The molecule has 1 saturated carbocycles. The maximum Gasteiger partial charge on any atom is 0.274 e. The summed E-state index contributed by atoms with van der Waals surface area (Å²) < 4.78 is 13.3. The molecule has 2 N–H and O–H groups in total. The Balaban J connectivity index is 1.60. The number of nitrogens with one attached hydrogen (secondary N) is 1. The van der Waals surface area contributed by atoms with Crippen LogP contribution in [-0.4, -0.2) is 59.9 Å². The van der Waals surface area contributed by atoms with Gasteiger partial charge in [-0.25, -0.2) is 5.48 Å². The molecule has 0 spiro atoms. The van der Waals surface area contributed by atoms with Crippen molar-refractivity contribution in [3.63, 3.8) is 0 Å². The summed E-state index contributed by atoms with van der Waals surface area (Å²) in [6.07, 6.45) is 7.86. The number of carbonyl (C=O) groups excluding carboxylic acids is 2. The molecule has 6 rings (SSSR count). The number of morpholine rings is 1. The monoisotopic (exact) mass is 515 g/mol. The number of fused-ring (bicyclic) bond motifs is 5. The first-order valence-corrected chi connectivity index (χ1v) is 13.5. The molecule has 0 atom stereocenters. The Morgan fingerprint density at radius 3 is 2.58 bits per heavy atom. The first kappa shape index (κ1) is 24.7. The number of amides is 2. The summed E-state index contributed by atoms with van der Waals surface area (Å²) in [5, 5.41) is 10.4. The van der Waals surface area contributed by atoms with E-state index in [1.54, 1.807) is 18.7 Å². The Labute approximate surface area is 221 Å². The first-order valence-electron chi connectivity index (χ1n) is 13.5. The van der Waals surface area contributed by atoms with Crippen LogP contribution in [-0.2, 0) is 16.1 Å². The van der Waals surface area contributed by atoms with Crippen LogP contribution in [0.15, 0.2) is 42.0 Å². The first-order chi connectivity index (χ1) is 18.6. The van der Waals surface area contributed by atoms with Gasteiger partial charge in [0.05, 0.1) is 32.6 Å². The van der Waals surface area contributed by atoms with Gasteiger partial charge in [-0.05, 0) is 66.3 Å². The van der Waals surface area contributed by atoms with E-state index in [0.29, 0.717) is 49.9 Å². The zero-order valence-electron chi connectivity index (χ0n) is 21.7. The molecule has 3 heterocycles. The number of ether oxygens (including phenoxy) is 2. The van der Waals surface area contributed by atoms with Crippen LogP contribution < -0.4 is 10.2 Å². The zero-order valence-corrected chi connectivity index (χ0v) is 21.7. The van der Waals surface area contributed by atoms with Crippen molar-refractivity contribution in [2.75, 3.05) is 33.4 Å². The Morgan fingerprint density at radius 2 is 1.84 bits per heavy atom. The molecule has 1 saturated heterocycles. The van der Waals surface area contributed by atoms with Gasteiger partial charge in [0, 0.05) is 40.7 Å². The molecule has 38 heavy (non-hydrogen) atoms. The number of hydrogen-bond donors (Lipinski definition) is 2. The Kier molecular flexibility index (Phi) is 6.68. The van der Waals surface area contributed by atoms with Crippen molar-refractivity contribution < 1.29 is 24.3 Å². The van der Waals surface area contributed by atoms with Gasteiger partial charge in [0.2, 0.25) is 0 Å². The fraction of sp³-hybridized carbons (Fsp3) is 0.400. The smallest absolute Gasteiger partial charge is 0.274 e. The average Bonchev–Trinajstić information content (AvgIpc) is 3.19. The van der Waals surface area contributed by atoms with Crippen LogP contribution in [0.5, 0.6) is 5.75 Å². The van der Waals surface area contributed by atoms with E-state index in [9.17, 15) is 14.8 Å². The molecule has 3 aliphatic rings. The number of benzene rings is 2. The molecule has 3 aromatic rings. The summed E-state index contributed by atoms with van der Waals surface area (Å²) in [6.45, 7) is 2.58. The molecule has 0 radical (unpaired) electrons. The standard InChI is InChI=1S/C30H33N3O5/c1-37-23-8-10-24-21(16-23)15-22(30(35)32-11-13-38-14-12-32)18-33-26-17-20(29(34)31-36)7-9-25(26)27(28(24)33)19-5-3-2-4-6-19/h7-10,15-17,19,36H,2-6,11-14,18H2,1H3,(H,31,34). The SMILES string of the molecule is COc1ccc2c(c1)C=C(C(=O)N1CCOCC1)Cn1c-2c(C2CCCCC2)c2ccc(C(=O)NO)cc21. The van der Waals surface area contributed by atoms with Gasteiger partial charge in [0.25, 0.3) is 11.8 Å². The fourth-order valence-electron chi connectivity index (χ4n) is 6.35. The molecule has 8 nitrogen and oxygen atoms in total. The van der Waals surface area contributed by atoms with Gasteiger partial charge in [-0.1, -0.05) is 25.3 Å². The topological polar surface area (TPSA) is 93.0 Å². The van der Waals surface area contributed by atoms with Gasteiger partial charge >= 0.3 is 0 Å². The molecule has 2 aliphatic heterocycles. The van der Waals surface area contributed by atoms with Crippen molar-refractivity contribution in [1.29, 1.82) is 0 Å². The third-order valence-corrected chi connectivity index (χ3v) is 8.23. The Morgan fingerprint density at radius 1 is 1.05 bits per heavy atom. The lowest BCUT2D eigenvalue weighted by molar-refractivity contribution is -0.131. The number of aromatic nitrogens is 1. The molecule has 1 aliphatic carbocycles. The van der Waals surface area contributed by atoms with E-state index in [1.165, 1.54) is 24.8 Å². The van der Waals surface area contributed by atoms with Crippen molar-refractivity contribution in [1.82, 2.24) is 14.9 Å². The summed E-state index contributed by atoms with van der Waals surface area (Å²) in [4.78, 5) is 28.0. The van der Waals surface area contributed by atoms with Crippen molar-refractivity contribution >= 4 is 28.8 Å². The highest BCUT2D eigenvalue weighted by Crippen LogP contribution is 2.47. The predicted octanol–water partition coefficient (Wildman–Crippen LogP) is 4.74. The molecular weight excluding hydrogens is 482 g/mol. The molecule has 198 valence electrons. The van der Waals surface area contributed by atoms with E-state index < -0.39 is 5.91 Å². The summed E-state index contributed by atoms with van der Waals surface area (Å²) in [7, 11) is 1.65. The summed E-state index contributed by atoms with van der Waals surface area (Å²) in [5.74, 6) is 0.580. The maximum absolute atomic E-state index is 13.8. The minimum atomic E-state index is -0.555. The molecule has 1 aromatic heterocycles. The van der Waals surface area contributed by atoms with Gasteiger partial charge in [0.1, 0.15) is 5.75 Å². The van der Waals surface area contributed by atoms with Gasteiger partial charge in [-0.2, -0.15) is 0 Å². The van der Waals surface area contributed by atoms with Gasteiger partial charge in [0.15, 0.2) is 0 Å². The summed E-state index contributed by atoms with van der Waals surface area (Å²) >= 11 is 0. The third kappa shape index (κ3) is 4.27. The van der Waals surface area contributed by atoms with Crippen molar-refractivity contribution in [2.24, 2.45) is 0 Å². The van der Waals surface area contributed by atoms with Crippen LogP contribution in [0.3, 0.4) is 0 Å². The van der Waals surface area contributed by atoms with E-state index in [2.05, 4.69) is 10.6 Å². The normalized spacial score (nSPS) is 17.8. The van der Waals surface area contributed by atoms with Crippen LogP contribution in [0.25, 0.3) is 28.2 Å². The molecular formula is C30H33N3O5. The Hall–Kier alpha value is -3.62. The fourth-order valence-corrected chi connectivity index (χ4v) is 6.35. The van der Waals surface area contributed by atoms with Crippen molar-refractivity contribution in [3.05, 3.63) is 58.7 Å². The van der Waals surface area contributed by atoms with Gasteiger partial charge < -0.3 is 18.9 Å². The number of carbonyl (C=O) groups is 2.